The summed E-state index contributed by atoms with van der Waals surface area (Å²) in [5.41, 5.74) is -0.181. The predicted octanol–water partition coefficient (Wildman–Crippen LogP) is 1.41. The first-order valence-electron chi connectivity index (χ1n) is 5.16. The number of aromatic nitrogens is 2. The molecule has 1 aromatic rings. The molecule has 5 nitrogen and oxygen atoms in total. The van der Waals surface area contributed by atoms with Crippen molar-refractivity contribution in [3.8, 4) is 0 Å². The van der Waals surface area contributed by atoms with Crippen molar-refractivity contribution in [2.24, 2.45) is 0 Å². The highest BCUT2D eigenvalue weighted by Gasteiger charge is 2.34. The quantitative estimate of drug-likeness (QED) is 0.850. The third-order valence-electron chi connectivity index (χ3n) is 2.66. The molecule has 0 unspecified atom stereocenters. The summed E-state index contributed by atoms with van der Waals surface area (Å²) in [6.07, 6.45) is 2.03. The number of halogens is 2. The van der Waals surface area contributed by atoms with E-state index in [2.05, 4.69) is 9.97 Å². The number of anilines is 1. The first-order valence-corrected chi connectivity index (χ1v) is 5.16. The molecule has 2 heterocycles. The van der Waals surface area contributed by atoms with Crippen molar-refractivity contribution in [3.63, 3.8) is 0 Å². The van der Waals surface area contributed by atoms with E-state index in [1.54, 1.807) is 4.90 Å². The number of piperidine rings is 1. The highest BCUT2D eigenvalue weighted by Crippen LogP contribution is 2.29. The Hall–Kier alpha value is -1.79. The van der Waals surface area contributed by atoms with Crippen LogP contribution in [0.1, 0.15) is 23.3 Å². The molecule has 0 radical (unpaired) electrons. The molecule has 0 aromatic carbocycles. The number of carboxylic acid groups (broad SMARTS) is 1. The van der Waals surface area contributed by atoms with E-state index in [9.17, 15) is 13.6 Å². The number of hydrogen-bond acceptors (Lipinski definition) is 4. The van der Waals surface area contributed by atoms with Gasteiger partial charge in [0.15, 0.2) is 5.69 Å². The van der Waals surface area contributed by atoms with Crippen LogP contribution in [0, 0.1) is 0 Å². The Balaban J connectivity index is 2.13. The predicted molar refractivity (Wildman–Crippen MR) is 55.4 cm³/mol. The number of nitrogens with zero attached hydrogens (tertiary/aromatic N) is 3. The molecule has 0 spiro atoms. The number of hydrogen-bond donors (Lipinski definition) is 1. The lowest BCUT2D eigenvalue weighted by molar-refractivity contribution is -0.0221. The van der Waals surface area contributed by atoms with Crippen molar-refractivity contribution in [2.75, 3.05) is 18.0 Å². The summed E-state index contributed by atoms with van der Waals surface area (Å²) in [5.74, 6) is -3.48. The van der Waals surface area contributed by atoms with Crippen LogP contribution in [0.25, 0.3) is 0 Å². The van der Waals surface area contributed by atoms with Crippen molar-refractivity contribution in [2.45, 2.75) is 18.8 Å². The van der Waals surface area contributed by atoms with Crippen molar-refractivity contribution in [1.29, 1.82) is 0 Å². The number of aromatic carboxylic acids is 1. The lowest BCUT2D eigenvalue weighted by Crippen LogP contribution is -2.39. The lowest BCUT2D eigenvalue weighted by Gasteiger charge is -2.32. The van der Waals surface area contributed by atoms with Gasteiger partial charge in [-0.05, 0) is 0 Å². The van der Waals surface area contributed by atoms with Gasteiger partial charge in [-0.25, -0.2) is 18.6 Å². The molecule has 0 aliphatic carbocycles. The summed E-state index contributed by atoms with van der Waals surface area (Å²) in [4.78, 5) is 19.9. The maximum atomic E-state index is 12.9. The van der Waals surface area contributed by atoms with Crippen LogP contribution in [-0.2, 0) is 0 Å². The SMILES string of the molecule is O=C(O)c1cncc(N2CCC(F)(F)CC2)n1. The monoisotopic (exact) mass is 243 g/mol. The summed E-state index contributed by atoms with van der Waals surface area (Å²) in [6.45, 7) is 0.315. The van der Waals surface area contributed by atoms with Crippen LogP contribution in [0.3, 0.4) is 0 Å². The van der Waals surface area contributed by atoms with Crippen LogP contribution in [0.4, 0.5) is 14.6 Å². The highest BCUT2D eigenvalue weighted by atomic mass is 19.3. The second-order valence-electron chi connectivity index (χ2n) is 3.91. The average Bonchev–Trinajstić information content (AvgIpc) is 2.29. The second kappa shape index (κ2) is 4.23. The number of rotatable bonds is 2. The van der Waals surface area contributed by atoms with E-state index in [0.717, 1.165) is 6.20 Å². The van der Waals surface area contributed by atoms with E-state index < -0.39 is 11.9 Å². The first kappa shape index (κ1) is 11.7. The van der Waals surface area contributed by atoms with E-state index >= 15 is 0 Å². The molecule has 1 N–H and O–H groups in total. The normalized spacial score (nSPS) is 19.1. The topological polar surface area (TPSA) is 66.3 Å². The van der Waals surface area contributed by atoms with Gasteiger partial charge in [0, 0.05) is 25.9 Å². The fourth-order valence-electron chi connectivity index (χ4n) is 1.67. The van der Waals surface area contributed by atoms with Gasteiger partial charge in [-0.15, -0.1) is 0 Å². The van der Waals surface area contributed by atoms with E-state index in [0.29, 0.717) is 5.82 Å². The van der Waals surface area contributed by atoms with Crippen LogP contribution in [0.2, 0.25) is 0 Å². The molecule has 1 aromatic heterocycles. The van der Waals surface area contributed by atoms with Crippen molar-refractivity contribution >= 4 is 11.8 Å². The Morgan fingerprint density at radius 1 is 1.35 bits per heavy atom. The Morgan fingerprint density at radius 2 is 2.00 bits per heavy atom. The standard InChI is InChI=1S/C10H11F2N3O2/c11-10(12)1-3-15(4-2-10)8-6-13-5-7(14-8)9(16)17/h5-6H,1-4H2,(H,16,17). The fourth-order valence-corrected chi connectivity index (χ4v) is 1.67. The van der Waals surface area contributed by atoms with Gasteiger partial charge in [0.25, 0.3) is 5.92 Å². The van der Waals surface area contributed by atoms with Gasteiger partial charge in [-0.2, -0.15) is 0 Å². The van der Waals surface area contributed by atoms with Gasteiger partial charge in [0.05, 0.1) is 12.4 Å². The van der Waals surface area contributed by atoms with Gasteiger partial charge < -0.3 is 10.0 Å². The molecule has 2 rings (SSSR count). The molecule has 1 aliphatic rings. The van der Waals surface area contributed by atoms with Gasteiger partial charge in [-0.3, -0.25) is 4.98 Å². The average molecular weight is 243 g/mol. The van der Waals surface area contributed by atoms with Crippen LogP contribution in [0.15, 0.2) is 12.4 Å². The van der Waals surface area contributed by atoms with Crippen LogP contribution >= 0.6 is 0 Å². The van der Waals surface area contributed by atoms with Crippen LogP contribution in [-0.4, -0.2) is 40.1 Å². The molecule has 1 fully saturated rings. The molecular weight excluding hydrogens is 232 g/mol. The van der Waals surface area contributed by atoms with Crippen LogP contribution < -0.4 is 4.90 Å². The third kappa shape index (κ3) is 2.66. The van der Waals surface area contributed by atoms with Gasteiger partial charge in [0.2, 0.25) is 0 Å². The van der Waals surface area contributed by atoms with Gasteiger partial charge in [-0.1, -0.05) is 0 Å². The Labute approximate surface area is 96.1 Å². The van der Waals surface area contributed by atoms with Gasteiger partial charge in [0.1, 0.15) is 5.82 Å². The zero-order chi connectivity index (χ0) is 12.5. The largest absolute Gasteiger partial charge is 0.476 e. The molecule has 7 heteroatoms. The molecule has 17 heavy (non-hydrogen) atoms. The number of alkyl halides is 2. The minimum Gasteiger partial charge on any atom is -0.476 e. The molecular formula is C10H11F2N3O2. The zero-order valence-electron chi connectivity index (χ0n) is 8.94. The summed E-state index contributed by atoms with van der Waals surface area (Å²) < 4.78 is 25.9. The lowest BCUT2D eigenvalue weighted by atomic mass is 10.1. The van der Waals surface area contributed by atoms with Crippen LogP contribution in [0.5, 0.6) is 0 Å². The Morgan fingerprint density at radius 3 is 2.59 bits per heavy atom. The Kier molecular flexibility index (Phi) is 2.91. The molecule has 0 saturated carbocycles. The summed E-state index contributed by atoms with van der Waals surface area (Å²) in [5, 5.41) is 8.75. The second-order valence-corrected chi connectivity index (χ2v) is 3.91. The summed E-state index contributed by atoms with van der Waals surface area (Å²) in [6, 6.07) is 0. The summed E-state index contributed by atoms with van der Waals surface area (Å²) in [7, 11) is 0. The van der Waals surface area contributed by atoms with Crippen molar-refractivity contribution in [1.82, 2.24) is 9.97 Å². The third-order valence-corrected chi connectivity index (χ3v) is 2.66. The van der Waals surface area contributed by atoms with Crippen molar-refractivity contribution in [3.05, 3.63) is 18.1 Å². The Bertz CT molecular complexity index is 429. The smallest absolute Gasteiger partial charge is 0.356 e. The molecule has 0 bridgehead atoms. The minimum absolute atomic E-state index is 0.157. The maximum absolute atomic E-state index is 12.9. The number of carbonyl (C=O) groups is 1. The molecule has 92 valence electrons. The summed E-state index contributed by atoms with van der Waals surface area (Å²) >= 11 is 0. The molecule has 1 saturated heterocycles. The molecule has 1 aliphatic heterocycles. The van der Waals surface area contributed by atoms with E-state index in [1.807, 2.05) is 0 Å². The van der Waals surface area contributed by atoms with E-state index in [4.69, 9.17) is 5.11 Å². The van der Waals surface area contributed by atoms with E-state index in [1.165, 1.54) is 6.20 Å². The fraction of sp³-hybridized carbons (Fsp3) is 0.500. The number of carboxylic acids is 1. The maximum Gasteiger partial charge on any atom is 0.356 e. The van der Waals surface area contributed by atoms with Gasteiger partial charge >= 0.3 is 5.97 Å². The molecule has 0 amide bonds. The van der Waals surface area contributed by atoms with E-state index in [-0.39, 0.29) is 31.6 Å². The molecule has 0 atom stereocenters. The minimum atomic E-state index is -2.63. The highest BCUT2D eigenvalue weighted by molar-refractivity contribution is 5.85. The zero-order valence-corrected chi connectivity index (χ0v) is 8.94. The van der Waals surface area contributed by atoms with Crippen molar-refractivity contribution < 1.29 is 18.7 Å². The first-order chi connectivity index (χ1) is 7.98.